The Hall–Kier alpha value is -2.27. The van der Waals surface area contributed by atoms with Gasteiger partial charge in [-0.3, -0.25) is 4.98 Å². The van der Waals surface area contributed by atoms with Crippen molar-refractivity contribution < 1.29 is 4.52 Å². The first kappa shape index (κ1) is 12.5. The third-order valence-electron chi connectivity index (χ3n) is 3.95. The van der Waals surface area contributed by atoms with Crippen LogP contribution in [0.2, 0.25) is 0 Å². The molecule has 106 valence electrons. The highest BCUT2D eigenvalue weighted by Gasteiger charge is 2.21. The van der Waals surface area contributed by atoms with Gasteiger partial charge in [-0.25, -0.2) is 0 Å². The first-order valence-corrected chi connectivity index (χ1v) is 7.29. The summed E-state index contributed by atoms with van der Waals surface area (Å²) in [5, 5.41) is 8.59. The standard InChI is InChI=1S/C16H16N4O/c1-4-13(10-17-7-1)16-19-15(20-21-16)12-5-6-14-11(9-12)3-2-8-18-14/h2-3,5-6,8-9,13,17H,1,4,7,10H2/t13-/m1/s1. The van der Waals surface area contributed by atoms with Gasteiger partial charge in [0, 0.05) is 23.7 Å². The highest BCUT2D eigenvalue weighted by Crippen LogP contribution is 2.25. The first-order valence-electron chi connectivity index (χ1n) is 7.29. The molecule has 1 aliphatic rings. The van der Waals surface area contributed by atoms with Gasteiger partial charge < -0.3 is 9.84 Å². The Kier molecular flexibility index (Phi) is 3.12. The van der Waals surface area contributed by atoms with Crippen LogP contribution in [0.25, 0.3) is 22.3 Å². The molecule has 1 atom stereocenters. The Labute approximate surface area is 122 Å². The van der Waals surface area contributed by atoms with Gasteiger partial charge in [-0.2, -0.15) is 4.98 Å². The molecule has 1 saturated heterocycles. The van der Waals surface area contributed by atoms with E-state index in [1.54, 1.807) is 6.20 Å². The van der Waals surface area contributed by atoms with Crippen molar-refractivity contribution in [1.29, 1.82) is 0 Å². The van der Waals surface area contributed by atoms with Crippen molar-refractivity contribution in [2.24, 2.45) is 0 Å². The number of aromatic nitrogens is 3. The Bertz CT molecular complexity index is 762. The molecule has 0 bridgehead atoms. The van der Waals surface area contributed by atoms with Crippen molar-refractivity contribution in [3.8, 4) is 11.4 Å². The molecule has 2 aromatic heterocycles. The number of fused-ring (bicyclic) bond motifs is 1. The summed E-state index contributed by atoms with van der Waals surface area (Å²) in [6, 6.07) is 10.0. The zero-order chi connectivity index (χ0) is 14.1. The molecule has 3 aromatic rings. The molecule has 0 spiro atoms. The summed E-state index contributed by atoms with van der Waals surface area (Å²) >= 11 is 0. The summed E-state index contributed by atoms with van der Waals surface area (Å²) in [6.45, 7) is 2.00. The van der Waals surface area contributed by atoms with Gasteiger partial charge in [0.25, 0.3) is 0 Å². The van der Waals surface area contributed by atoms with E-state index >= 15 is 0 Å². The number of rotatable bonds is 2. The van der Waals surface area contributed by atoms with Crippen molar-refractivity contribution in [2.45, 2.75) is 18.8 Å². The number of nitrogens with zero attached hydrogens (tertiary/aromatic N) is 3. The van der Waals surface area contributed by atoms with Gasteiger partial charge in [0.15, 0.2) is 0 Å². The van der Waals surface area contributed by atoms with Crippen LogP contribution in [0.15, 0.2) is 41.1 Å². The predicted octanol–water partition coefficient (Wildman–Crippen LogP) is 2.75. The van der Waals surface area contributed by atoms with Gasteiger partial charge in [-0.05, 0) is 43.7 Å². The molecule has 0 saturated carbocycles. The molecule has 1 fully saturated rings. The SMILES string of the molecule is c1cnc2ccc(-c3noc([C@@H]4CCCNC4)n3)cc2c1. The van der Waals surface area contributed by atoms with Crippen LogP contribution in [0.3, 0.4) is 0 Å². The number of piperidine rings is 1. The summed E-state index contributed by atoms with van der Waals surface area (Å²) in [5.41, 5.74) is 1.94. The van der Waals surface area contributed by atoms with Crippen molar-refractivity contribution >= 4 is 10.9 Å². The molecule has 21 heavy (non-hydrogen) atoms. The molecular formula is C16H16N4O. The van der Waals surface area contributed by atoms with Crippen molar-refractivity contribution in [3.05, 3.63) is 42.4 Å². The first-order chi connectivity index (χ1) is 10.4. The fourth-order valence-electron chi connectivity index (χ4n) is 2.80. The van der Waals surface area contributed by atoms with Crippen molar-refractivity contribution in [3.63, 3.8) is 0 Å². The third-order valence-corrected chi connectivity index (χ3v) is 3.95. The van der Waals surface area contributed by atoms with E-state index in [1.807, 2.05) is 24.3 Å². The molecule has 0 unspecified atom stereocenters. The van der Waals surface area contributed by atoms with Crippen molar-refractivity contribution in [1.82, 2.24) is 20.4 Å². The minimum absolute atomic E-state index is 0.335. The minimum atomic E-state index is 0.335. The Morgan fingerprint density at radius 2 is 2.24 bits per heavy atom. The van der Waals surface area contributed by atoms with Crippen LogP contribution in [-0.2, 0) is 0 Å². The third kappa shape index (κ3) is 2.40. The zero-order valence-corrected chi connectivity index (χ0v) is 11.6. The van der Waals surface area contributed by atoms with Gasteiger partial charge in [0.1, 0.15) is 0 Å². The van der Waals surface area contributed by atoms with Gasteiger partial charge in [0.2, 0.25) is 11.7 Å². The van der Waals surface area contributed by atoms with Gasteiger partial charge in [-0.15, -0.1) is 0 Å². The van der Waals surface area contributed by atoms with Crippen LogP contribution in [-0.4, -0.2) is 28.2 Å². The van der Waals surface area contributed by atoms with Crippen molar-refractivity contribution in [2.75, 3.05) is 13.1 Å². The lowest BCUT2D eigenvalue weighted by Gasteiger charge is -2.18. The van der Waals surface area contributed by atoms with E-state index in [0.29, 0.717) is 11.7 Å². The monoisotopic (exact) mass is 280 g/mol. The minimum Gasteiger partial charge on any atom is -0.339 e. The maximum Gasteiger partial charge on any atom is 0.231 e. The van der Waals surface area contributed by atoms with E-state index in [0.717, 1.165) is 48.3 Å². The molecule has 3 heterocycles. The molecule has 5 heteroatoms. The topological polar surface area (TPSA) is 63.8 Å². The lowest BCUT2D eigenvalue weighted by atomic mass is 10.00. The summed E-state index contributed by atoms with van der Waals surface area (Å²) in [4.78, 5) is 8.89. The number of benzene rings is 1. The summed E-state index contributed by atoms with van der Waals surface area (Å²) in [7, 11) is 0. The summed E-state index contributed by atoms with van der Waals surface area (Å²) in [5.74, 6) is 1.73. The van der Waals surface area contributed by atoms with Crippen LogP contribution < -0.4 is 5.32 Å². The van der Waals surface area contributed by atoms with Crippen LogP contribution >= 0.6 is 0 Å². The second-order valence-corrected chi connectivity index (χ2v) is 5.41. The van der Waals surface area contributed by atoms with E-state index in [-0.39, 0.29) is 0 Å². The van der Waals surface area contributed by atoms with Gasteiger partial charge in [-0.1, -0.05) is 11.2 Å². The molecule has 5 nitrogen and oxygen atoms in total. The van der Waals surface area contributed by atoms with Gasteiger partial charge >= 0.3 is 0 Å². The van der Waals surface area contributed by atoms with Gasteiger partial charge in [0.05, 0.1) is 11.4 Å². The quantitative estimate of drug-likeness (QED) is 0.782. The molecule has 1 aliphatic heterocycles. The zero-order valence-electron chi connectivity index (χ0n) is 11.6. The van der Waals surface area contributed by atoms with Crippen LogP contribution in [0.1, 0.15) is 24.7 Å². The van der Waals surface area contributed by atoms with Crippen LogP contribution in [0, 0.1) is 0 Å². The Morgan fingerprint density at radius 1 is 1.24 bits per heavy atom. The average Bonchev–Trinajstić information content (AvgIpc) is 3.05. The second-order valence-electron chi connectivity index (χ2n) is 5.41. The van der Waals surface area contributed by atoms with E-state index in [1.165, 1.54) is 0 Å². The highest BCUT2D eigenvalue weighted by atomic mass is 16.5. The van der Waals surface area contributed by atoms with E-state index in [2.05, 4.69) is 26.5 Å². The van der Waals surface area contributed by atoms with E-state index in [4.69, 9.17) is 4.52 Å². The molecule has 0 amide bonds. The highest BCUT2D eigenvalue weighted by molar-refractivity contribution is 5.82. The molecule has 0 aliphatic carbocycles. The normalized spacial score (nSPS) is 19.0. The van der Waals surface area contributed by atoms with E-state index in [9.17, 15) is 0 Å². The lowest BCUT2D eigenvalue weighted by Crippen LogP contribution is -2.28. The largest absolute Gasteiger partial charge is 0.339 e. The summed E-state index contributed by atoms with van der Waals surface area (Å²) < 4.78 is 5.45. The average molecular weight is 280 g/mol. The lowest BCUT2D eigenvalue weighted by molar-refractivity contribution is 0.322. The molecule has 1 aromatic carbocycles. The Morgan fingerprint density at radius 3 is 3.14 bits per heavy atom. The smallest absolute Gasteiger partial charge is 0.231 e. The summed E-state index contributed by atoms with van der Waals surface area (Å²) in [6.07, 6.45) is 4.06. The predicted molar refractivity (Wildman–Crippen MR) is 79.9 cm³/mol. The maximum absolute atomic E-state index is 5.45. The second kappa shape index (κ2) is 5.26. The fraction of sp³-hybridized carbons (Fsp3) is 0.312. The Balaban J connectivity index is 1.67. The maximum atomic E-state index is 5.45. The number of hydrogen-bond acceptors (Lipinski definition) is 5. The number of pyridine rings is 1. The van der Waals surface area contributed by atoms with Crippen LogP contribution in [0.4, 0.5) is 0 Å². The number of nitrogens with one attached hydrogen (secondary N) is 1. The molecule has 4 rings (SSSR count). The molecule has 1 N–H and O–H groups in total. The van der Waals surface area contributed by atoms with Crippen LogP contribution in [0.5, 0.6) is 0 Å². The number of hydrogen-bond donors (Lipinski definition) is 1. The van der Waals surface area contributed by atoms with E-state index < -0.39 is 0 Å². The molecular weight excluding hydrogens is 264 g/mol. The molecule has 0 radical (unpaired) electrons. The fourth-order valence-corrected chi connectivity index (χ4v) is 2.80.